The maximum absolute atomic E-state index is 12.8. The first-order valence-electron chi connectivity index (χ1n) is 10.1. The molecule has 2 aromatic carbocycles. The van der Waals surface area contributed by atoms with E-state index in [1.165, 1.54) is 15.4 Å². The van der Waals surface area contributed by atoms with Crippen molar-refractivity contribution in [3.8, 4) is 11.5 Å². The van der Waals surface area contributed by atoms with E-state index in [2.05, 4.69) is 0 Å². The van der Waals surface area contributed by atoms with Crippen LogP contribution < -0.4 is 9.47 Å². The number of carbonyl (C=O) groups is 2. The van der Waals surface area contributed by atoms with Crippen LogP contribution in [0.25, 0.3) is 6.08 Å². The predicted octanol–water partition coefficient (Wildman–Crippen LogP) is 3.96. The summed E-state index contributed by atoms with van der Waals surface area (Å²) in [7, 11) is 1.55. The highest BCUT2D eigenvalue weighted by Gasteiger charge is 2.37. The van der Waals surface area contributed by atoms with Crippen molar-refractivity contribution in [2.24, 2.45) is 0 Å². The second-order valence-corrected chi connectivity index (χ2v) is 7.49. The number of hydrogen-bond acceptors (Lipinski definition) is 5. The van der Waals surface area contributed by atoms with Crippen LogP contribution in [-0.4, -0.2) is 46.9 Å². The number of likely N-dealkylation sites (N-methyl/N-ethyl adjacent to an activating group) is 2. The van der Waals surface area contributed by atoms with Crippen LogP contribution in [0.1, 0.15) is 30.5 Å². The number of amides is 2. The molecule has 0 radical (unpaired) electrons. The first-order valence-corrected chi connectivity index (χ1v) is 10.6. The van der Waals surface area contributed by atoms with Crippen molar-refractivity contribution >= 4 is 35.2 Å². The molecule has 0 unspecified atom stereocenters. The molecule has 1 aliphatic rings. The molecule has 1 heterocycles. The van der Waals surface area contributed by atoms with E-state index in [1.54, 1.807) is 31.4 Å². The fourth-order valence-electron chi connectivity index (χ4n) is 3.29. The zero-order valence-electron chi connectivity index (χ0n) is 18.2. The Hall–Kier alpha value is -3.19. The highest BCUT2D eigenvalue weighted by molar-refractivity contribution is 7.80. The topological polar surface area (TPSA) is 59.1 Å². The zero-order chi connectivity index (χ0) is 22.5. The molecule has 2 amide bonds. The smallest absolute Gasteiger partial charge is 0.265 e. The third-order valence-electron chi connectivity index (χ3n) is 5.06. The van der Waals surface area contributed by atoms with Gasteiger partial charge < -0.3 is 9.47 Å². The summed E-state index contributed by atoms with van der Waals surface area (Å²) in [6.07, 6.45) is 1.57. The predicted molar refractivity (Wildman–Crippen MR) is 124 cm³/mol. The summed E-state index contributed by atoms with van der Waals surface area (Å²) in [4.78, 5) is 28.5. The van der Waals surface area contributed by atoms with E-state index in [0.29, 0.717) is 36.8 Å². The van der Waals surface area contributed by atoms with Crippen molar-refractivity contribution < 1.29 is 19.1 Å². The summed E-state index contributed by atoms with van der Waals surface area (Å²) in [5.41, 5.74) is 2.98. The Morgan fingerprint density at radius 1 is 0.935 bits per heavy atom. The molecule has 0 atom stereocenters. The van der Waals surface area contributed by atoms with Crippen molar-refractivity contribution in [1.29, 1.82) is 0 Å². The molecule has 7 heteroatoms. The van der Waals surface area contributed by atoms with Crippen LogP contribution in [0.4, 0.5) is 0 Å². The van der Waals surface area contributed by atoms with E-state index in [-0.39, 0.29) is 22.5 Å². The molecule has 0 N–H and O–H groups in total. The average molecular weight is 439 g/mol. The van der Waals surface area contributed by atoms with E-state index in [9.17, 15) is 9.59 Å². The van der Waals surface area contributed by atoms with Gasteiger partial charge in [-0.3, -0.25) is 19.4 Å². The molecular weight excluding hydrogens is 412 g/mol. The molecule has 3 rings (SSSR count). The lowest BCUT2D eigenvalue weighted by Gasteiger charge is -2.35. The molecular formula is C24H26N2O4S. The Labute approximate surface area is 188 Å². The average Bonchev–Trinajstić information content (AvgIpc) is 2.77. The van der Waals surface area contributed by atoms with Crippen molar-refractivity contribution in [2.75, 3.05) is 20.2 Å². The largest absolute Gasteiger partial charge is 0.493 e. The molecule has 162 valence electrons. The quantitative estimate of drug-likeness (QED) is 0.372. The summed E-state index contributed by atoms with van der Waals surface area (Å²) in [5, 5.41) is 0.245. The summed E-state index contributed by atoms with van der Waals surface area (Å²) in [6.45, 7) is 6.89. The van der Waals surface area contributed by atoms with Gasteiger partial charge in [-0.2, -0.15) is 0 Å². The van der Waals surface area contributed by atoms with Gasteiger partial charge >= 0.3 is 0 Å². The van der Waals surface area contributed by atoms with Crippen molar-refractivity contribution in [2.45, 2.75) is 27.4 Å². The molecule has 6 nitrogen and oxygen atoms in total. The normalized spacial score (nSPS) is 14.2. The Bertz CT molecular complexity index is 1000. The van der Waals surface area contributed by atoms with Crippen molar-refractivity contribution in [1.82, 2.24) is 9.80 Å². The lowest BCUT2D eigenvalue weighted by molar-refractivity contribution is -0.133. The number of methoxy groups -OCH3 is 1. The number of aryl methyl sites for hydroxylation is 1. The summed E-state index contributed by atoms with van der Waals surface area (Å²) < 4.78 is 11.4. The Balaban J connectivity index is 1.86. The lowest BCUT2D eigenvalue weighted by Crippen LogP contribution is -2.55. The van der Waals surface area contributed by atoms with Crippen LogP contribution in [-0.2, 0) is 16.2 Å². The first kappa shape index (κ1) is 22.5. The summed E-state index contributed by atoms with van der Waals surface area (Å²) in [6, 6.07) is 13.4. The highest BCUT2D eigenvalue weighted by Crippen LogP contribution is 2.30. The zero-order valence-corrected chi connectivity index (χ0v) is 19.0. The van der Waals surface area contributed by atoms with Crippen LogP contribution in [0, 0.1) is 6.92 Å². The van der Waals surface area contributed by atoms with Gasteiger partial charge in [0.1, 0.15) is 12.2 Å². The Morgan fingerprint density at radius 2 is 1.55 bits per heavy atom. The lowest BCUT2D eigenvalue weighted by atomic mass is 10.1. The molecule has 0 aromatic heterocycles. The van der Waals surface area contributed by atoms with Crippen LogP contribution in [0.2, 0.25) is 0 Å². The third kappa shape index (κ3) is 4.77. The van der Waals surface area contributed by atoms with Gasteiger partial charge in [0.25, 0.3) is 11.8 Å². The SMILES string of the molecule is CCN1C(=O)C(=Cc2ccc(OCc3ccc(C)cc3)c(OC)c2)C(=O)N(CC)C1=S. The summed E-state index contributed by atoms with van der Waals surface area (Å²) in [5.74, 6) is 0.326. The van der Waals surface area contributed by atoms with Gasteiger partial charge in [-0.1, -0.05) is 35.9 Å². The van der Waals surface area contributed by atoms with Crippen LogP contribution in [0.5, 0.6) is 11.5 Å². The fraction of sp³-hybridized carbons (Fsp3) is 0.292. The minimum atomic E-state index is -0.388. The molecule has 31 heavy (non-hydrogen) atoms. The number of carbonyl (C=O) groups excluding carboxylic acids is 2. The van der Waals surface area contributed by atoms with Gasteiger partial charge in [-0.25, -0.2) is 0 Å². The van der Waals surface area contributed by atoms with Crippen LogP contribution >= 0.6 is 12.2 Å². The second kappa shape index (κ2) is 9.75. The minimum Gasteiger partial charge on any atom is -0.493 e. The van der Waals surface area contributed by atoms with E-state index in [4.69, 9.17) is 21.7 Å². The van der Waals surface area contributed by atoms with Gasteiger partial charge in [-0.05, 0) is 62.3 Å². The molecule has 0 aliphatic carbocycles. The standard InChI is InChI=1S/C24H26N2O4S/c1-5-25-22(27)19(23(28)26(6-2)24(25)31)13-18-11-12-20(21(14-18)29-4)30-15-17-9-7-16(3)8-10-17/h7-14H,5-6,15H2,1-4H3. The Morgan fingerprint density at radius 3 is 2.10 bits per heavy atom. The van der Waals surface area contributed by atoms with Gasteiger partial charge in [0, 0.05) is 13.1 Å². The van der Waals surface area contributed by atoms with Crippen LogP contribution in [0.15, 0.2) is 48.0 Å². The van der Waals surface area contributed by atoms with Gasteiger partial charge in [0.2, 0.25) is 0 Å². The number of rotatable bonds is 7. The molecule has 0 saturated carbocycles. The highest BCUT2D eigenvalue weighted by atomic mass is 32.1. The fourth-order valence-corrected chi connectivity index (χ4v) is 3.71. The van der Waals surface area contributed by atoms with E-state index >= 15 is 0 Å². The minimum absolute atomic E-state index is 0.0766. The number of hydrogen-bond donors (Lipinski definition) is 0. The molecule has 1 fully saturated rings. The van der Waals surface area contributed by atoms with E-state index in [1.807, 2.05) is 45.0 Å². The molecule has 0 bridgehead atoms. The van der Waals surface area contributed by atoms with Crippen LogP contribution in [0.3, 0.4) is 0 Å². The van der Waals surface area contributed by atoms with Gasteiger partial charge in [0.15, 0.2) is 16.6 Å². The van der Waals surface area contributed by atoms with Crippen molar-refractivity contribution in [3.63, 3.8) is 0 Å². The number of benzene rings is 2. The summed E-state index contributed by atoms with van der Waals surface area (Å²) >= 11 is 5.30. The van der Waals surface area contributed by atoms with Gasteiger partial charge in [-0.15, -0.1) is 0 Å². The molecule has 2 aromatic rings. The van der Waals surface area contributed by atoms with E-state index < -0.39 is 0 Å². The maximum atomic E-state index is 12.8. The maximum Gasteiger partial charge on any atom is 0.265 e. The van der Waals surface area contributed by atoms with Crippen molar-refractivity contribution in [3.05, 3.63) is 64.7 Å². The number of nitrogens with zero attached hydrogens (tertiary/aromatic N) is 2. The molecule has 1 saturated heterocycles. The Kier molecular flexibility index (Phi) is 7.07. The monoisotopic (exact) mass is 438 g/mol. The number of thiocarbonyl (C=S) groups is 1. The molecule has 0 spiro atoms. The number of ether oxygens (including phenoxy) is 2. The third-order valence-corrected chi connectivity index (χ3v) is 5.50. The van der Waals surface area contributed by atoms with Gasteiger partial charge in [0.05, 0.1) is 7.11 Å². The first-order chi connectivity index (χ1) is 14.9. The second-order valence-electron chi connectivity index (χ2n) is 7.12. The van der Waals surface area contributed by atoms with E-state index in [0.717, 1.165) is 5.56 Å². The molecule has 1 aliphatic heterocycles.